The normalized spacial score (nSPS) is 30.0. The van der Waals surface area contributed by atoms with Crippen LogP contribution in [0.4, 0.5) is 0 Å². The Labute approximate surface area is 83.5 Å². The van der Waals surface area contributed by atoms with Crippen molar-refractivity contribution in [3.05, 3.63) is 0 Å². The van der Waals surface area contributed by atoms with Crippen LogP contribution in [-0.2, 0) is 9.59 Å². The molecule has 3 atom stereocenters. The summed E-state index contributed by atoms with van der Waals surface area (Å²) in [4.78, 5) is 22.0. The molecular weight excluding hydrogens is 182 g/mol. The first-order chi connectivity index (χ1) is 6.50. The highest BCUT2D eigenvalue weighted by atomic mass is 16.4. The van der Waals surface area contributed by atoms with Gasteiger partial charge in [-0.3, -0.25) is 9.59 Å². The zero-order valence-electron chi connectivity index (χ0n) is 8.40. The van der Waals surface area contributed by atoms with Gasteiger partial charge >= 0.3 is 5.97 Å². The molecule has 1 saturated carbocycles. The molecule has 0 amide bonds. The Morgan fingerprint density at radius 2 is 2.36 bits per heavy atom. The van der Waals surface area contributed by atoms with Crippen molar-refractivity contribution in [1.82, 2.24) is 0 Å². The lowest BCUT2D eigenvalue weighted by Gasteiger charge is -2.26. The molecule has 4 nitrogen and oxygen atoms in total. The highest BCUT2D eigenvalue weighted by Gasteiger charge is 2.29. The van der Waals surface area contributed by atoms with Gasteiger partial charge in [-0.05, 0) is 25.2 Å². The molecule has 0 aromatic carbocycles. The molecule has 0 bridgehead atoms. The molecule has 1 aliphatic rings. The van der Waals surface area contributed by atoms with E-state index in [1.54, 1.807) is 0 Å². The molecule has 0 radical (unpaired) electrons. The van der Waals surface area contributed by atoms with Gasteiger partial charge in [0.15, 0.2) is 0 Å². The Kier molecular flexibility index (Phi) is 3.63. The lowest BCUT2D eigenvalue weighted by Crippen LogP contribution is -2.36. The molecule has 0 saturated heterocycles. The molecule has 0 spiro atoms. The van der Waals surface area contributed by atoms with E-state index >= 15 is 0 Å². The van der Waals surface area contributed by atoms with Crippen molar-refractivity contribution >= 4 is 11.8 Å². The van der Waals surface area contributed by atoms with Crippen LogP contribution in [0.25, 0.3) is 0 Å². The van der Waals surface area contributed by atoms with Crippen LogP contribution < -0.4 is 5.73 Å². The summed E-state index contributed by atoms with van der Waals surface area (Å²) >= 11 is 0. The molecule has 1 rings (SSSR count). The number of carboxylic acids is 1. The second kappa shape index (κ2) is 4.55. The highest BCUT2D eigenvalue weighted by molar-refractivity contribution is 5.83. The number of nitrogens with two attached hydrogens (primary N) is 1. The molecule has 0 aliphatic heterocycles. The maximum atomic E-state index is 11.4. The van der Waals surface area contributed by atoms with Gasteiger partial charge in [-0.25, -0.2) is 0 Å². The maximum Gasteiger partial charge on any atom is 0.320 e. The van der Waals surface area contributed by atoms with E-state index in [-0.39, 0.29) is 11.7 Å². The van der Waals surface area contributed by atoms with E-state index in [2.05, 4.69) is 6.92 Å². The monoisotopic (exact) mass is 199 g/mol. The standard InChI is InChI=1S/C10H17NO3/c1-6-2-3-9(12)7(4-6)5-8(11)10(13)14/h6-8H,2-5,11H2,1H3,(H,13,14). The van der Waals surface area contributed by atoms with E-state index < -0.39 is 12.0 Å². The summed E-state index contributed by atoms with van der Waals surface area (Å²) in [6.07, 6.45) is 2.59. The molecular formula is C10H17NO3. The summed E-state index contributed by atoms with van der Waals surface area (Å²) in [6.45, 7) is 2.09. The van der Waals surface area contributed by atoms with Crippen molar-refractivity contribution in [2.75, 3.05) is 0 Å². The number of carbonyl (C=O) groups is 2. The van der Waals surface area contributed by atoms with E-state index in [4.69, 9.17) is 10.8 Å². The molecule has 1 aliphatic carbocycles. The summed E-state index contributed by atoms with van der Waals surface area (Å²) in [5.41, 5.74) is 5.40. The topological polar surface area (TPSA) is 80.4 Å². The van der Waals surface area contributed by atoms with Crippen molar-refractivity contribution in [3.8, 4) is 0 Å². The van der Waals surface area contributed by atoms with Gasteiger partial charge in [-0.1, -0.05) is 6.92 Å². The second-order valence-corrected chi connectivity index (χ2v) is 4.22. The largest absolute Gasteiger partial charge is 0.480 e. The van der Waals surface area contributed by atoms with Crippen LogP contribution in [0.2, 0.25) is 0 Å². The molecule has 80 valence electrons. The van der Waals surface area contributed by atoms with Crippen LogP contribution >= 0.6 is 0 Å². The van der Waals surface area contributed by atoms with Crippen molar-refractivity contribution in [2.24, 2.45) is 17.6 Å². The predicted octanol–water partition coefficient (Wildman–Crippen LogP) is 0.794. The Morgan fingerprint density at radius 3 is 2.93 bits per heavy atom. The Hall–Kier alpha value is -0.900. The van der Waals surface area contributed by atoms with Crippen LogP contribution in [0.15, 0.2) is 0 Å². The molecule has 1 fully saturated rings. The van der Waals surface area contributed by atoms with Crippen LogP contribution in [0.5, 0.6) is 0 Å². The SMILES string of the molecule is CC1CCC(=O)C(CC(N)C(=O)O)C1. The summed E-state index contributed by atoms with van der Waals surface area (Å²) < 4.78 is 0. The number of hydrogen-bond donors (Lipinski definition) is 2. The van der Waals surface area contributed by atoms with E-state index in [9.17, 15) is 9.59 Å². The van der Waals surface area contributed by atoms with Crippen LogP contribution in [0, 0.1) is 11.8 Å². The average molecular weight is 199 g/mol. The first-order valence-corrected chi connectivity index (χ1v) is 5.01. The third-order valence-electron chi connectivity index (χ3n) is 2.88. The zero-order valence-corrected chi connectivity index (χ0v) is 8.40. The van der Waals surface area contributed by atoms with E-state index in [0.29, 0.717) is 18.8 Å². The Morgan fingerprint density at radius 1 is 1.71 bits per heavy atom. The number of rotatable bonds is 3. The lowest BCUT2D eigenvalue weighted by molar-refractivity contribution is -0.139. The molecule has 0 aromatic heterocycles. The second-order valence-electron chi connectivity index (χ2n) is 4.22. The maximum absolute atomic E-state index is 11.4. The third-order valence-corrected chi connectivity index (χ3v) is 2.88. The van der Waals surface area contributed by atoms with Crippen LogP contribution in [-0.4, -0.2) is 22.9 Å². The molecule has 0 aromatic rings. The van der Waals surface area contributed by atoms with E-state index in [1.165, 1.54) is 0 Å². The summed E-state index contributed by atoms with van der Waals surface area (Å²) in [5, 5.41) is 8.63. The fourth-order valence-electron chi connectivity index (χ4n) is 1.96. The fourth-order valence-corrected chi connectivity index (χ4v) is 1.96. The number of hydrogen-bond acceptors (Lipinski definition) is 3. The van der Waals surface area contributed by atoms with Crippen molar-refractivity contribution < 1.29 is 14.7 Å². The first-order valence-electron chi connectivity index (χ1n) is 5.01. The van der Waals surface area contributed by atoms with Gasteiger partial charge in [-0.15, -0.1) is 0 Å². The van der Waals surface area contributed by atoms with Gasteiger partial charge in [0.1, 0.15) is 11.8 Å². The van der Waals surface area contributed by atoms with E-state index in [0.717, 1.165) is 12.8 Å². The first kappa shape index (κ1) is 11.2. The molecule has 3 unspecified atom stereocenters. The summed E-state index contributed by atoms with van der Waals surface area (Å²) in [7, 11) is 0. The molecule has 0 heterocycles. The van der Waals surface area contributed by atoms with Crippen molar-refractivity contribution in [3.63, 3.8) is 0 Å². The van der Waals surface area contributed by atoms with Gasteiger partial charge in [0, 0.05) is 12.3 Å². The number of carbonyl (C=O) groups excluding carboxylic acids is 1. The van der Waals surface area contributed by atoms with Gasteiger partial charge in [0.2, 0.25) is 0 Å². The number of ketones is 1. The third kappa shape index (κ3) is 2.80. The lowest BCUT2D eigenvalue weighted by atomic mass is 9.78. The smallest absolute Gasteiger partial charge is 0.320 e. The van der Waals surface area contributed by atoms with Gasteiger partial charge in [0.05, 0.1) is 0 Å². The summed E-state index contributed by atoms with van der Waals surface area (Å²) in [5.74, 6) is -0.459. The quantitative estimate of drug-likeness (QED) is 0.704. The Balaban J connectivity index is 2.49. The van der Waals surface area contributed by atoms with Crippen LogP contribution in [0.1, 0.15) is 32.6 Å². The molecule has 4 heteroatoms. The van der Waals surface area contributed by atoms with E-state index in [1.807, 2.05) is 0 Å². The van der Waals surface area contributed by atoms with Crippen molar-refractivity contribution in [1.29, 1.82) is 0 Å². The van der Waals surface area contributed by atoms with Crippen molar-refractivity contribution in [2.45, 2.75) is 38.6 Å². The number of Topliss-reactive ketones (excluding diaryl/α,β-unsaturated/α-hetero) is 1. The van der Waals surface area contributed by atoms with Gasteiger partial charge in [-0.2, -0.15) is 0 Å². The summed E-state index contributed by atoms with van der Waals surface area (Å²) in [6, 6.07) is -0.894. The minimum atomic E-state index is -1.02. The minimum absolute atomic E-state index is 0.134. The average Bonchev–Trinajstić information content (AvgIpc) is 2.11. The number of aliphatic carboxylic acids is 1. The fraction of sp³-hybridized carbons (Fsp3) is 0.800. The minimum Gasteiger partial charge on any atom is -0.480 e. The molecule has 14 heavy (non-hydrogen) atoms. The van der Waals surface area contributed by atoms with Crippen LogP contribution in [0.3, 0.4) is 0 Å². The van der Waals surface area contributed by atoms with Gasteiger partial charge < -0.3 is 10.8 Å². The molecule has 3 N–H and O–H groups in total. The Bertz CT molecular complexity index is 240. The van der Waals surface area contributed by atoms with Gasteiger partial charge in [0.25, 0.3) is 0 Å². The zero-order chi connectivity index (χ0) is 10.7. The predicted molar refractivity (Wildman–Crippen MR) is 51.7 cm³/mol. The highest BCUT2D eigenvalue weighted by Crippen LogP contribution is 2.28. The number of carboxylic acid groups (broad SMARTS) is 1.